The van der Waals surface area contributed by atoms with Crippen LogP contribution < -0.4 is 5.56 Å². The maximum absolute atomic E-state index is 12.7. The molecule has 0 aliphatic rings. The van der Waals surface area contributed by atoms with E-state index in [0.29, 0.717) is 5.69 Å². The van der Waals surface area contributed by atoms with Crippen molar-refractivity contribution in [2.45, 2.75) is 19.6 Å². The van der Waals surface area contributed by atoms with E-state index < -0.39 is 17.3 Å². The lowest BCUT2D eigenvalue weighted by atomic mass is 10.0. The first-order chi connectivity index (χ1) is 9.82. The number of aromatic nitrogens is 2. The minimum atomic E-state index is -4.48. The van der Waals surface area contributed by atoms with Crippen molar-refractivity contribution in [3.05, 3.63) is 51.9 Å². The number of rotatable bonds is 2. The summed E-state index contributed by atoms with van der Waals surface area (Å²) in [4.78, 5) is 12.1. The molecule has 0 fully saturated rings. The third-order valence-electron chi connectivity index (χ3n) is 2.82. The minimum Gasteiger partial charge on any atom is -0.267 e. The number of nitrogens with zero attached hydrogens (tertiary/aromatic N) is 3. The number of hydrogen-bond acceptors (Lipinski definition) is 3. The first-order valence-electron chi connectivity index (χ1n) is 5.96. The number of hydrogen-bond donors (Lipinski definition) is 0. The van der Waals surface area contributed by atoms with Crippen LogP contribution in [0.15, 0.2) is 35.1 Å². The van der Waals surface area contributed by atoms with Gasteiger partial charge in [-0.3, -0.25) is 4.79 Å². The Kier molecular flexibility index (Phi) is 3.80. The number of aryl methyl sites for hydroxylation is 1. The van der Waals surface area contributed by atoms with Crippen LogP contribution in [0.2, 0.25) is 0 Å². The molecule has 0 unspecified atom stereocenters. The fraction of sp³-hybridized carbons (Fsp3) is 0.214. The van der Waals surface area contributed by atoms with E-state index in [1.54, 1.807) is 13.0 Å². The zero-order valence-corrected chi connectivity index (χ0v) is 11.0. The van der Waals surface area contributed by atoms with E-state index >= 15 is 0 Å². The van der Waals surface area contributed by atoms with Gasteiger partial charge in [-0.2, -0.15) is 23.5 Å². The number of benzene rings is 1. The summed E-state index contributed by atoms with van der Waals surface area (Å²) < 4.78 is 39.1. The lowest BCUT2D eigenvalue weighted by Gasteiger charge is -2.10. The summed E-state index contributed by atoms with van der Waals surface area (Å²) in [7, 11) is 0. The zero-order chi connectivity index (χ0) is 15.6. The van der Waals surface area contributed by atoms with Crippen LogP contribution in [0, 0.1) is 18.3 Å². The Balaban J connectivity index is 2.63. The largest absolute Gasteiger partial charge is 0.416 e. The van der Waals surface area contributed by atoms with Crippen LogP contribution in [-0.2, 0) is 12.7 Å². The Morgan fingerprint density at radius 3 is 2.67 bits per heavy atom. The molecule has 0 aliphatic carbocycles. The highest BCUT2D eigenvalue weighted by Gasteiger charge is 2.30. The lowest BCUT2D eigenvalue weighted by Crippen LogP contribution is -2.24. The van der Waals surface area contributed by atoms with E-state index in [1.807, 2.05) is 0 Å². The molecule has 0 spiro atoms. The molecule has 0 radical (unpaired) electrons. The fourth-order valence-electron chi connectivity index (χ4n) is 1.92. The van der Waals surface area contributed by atoms with E-state index in [2.05, 4.69) is 5.10 Å². The van der Waals surface area contributed by atoms with Gasteiger partial charge in [-0.05, 0) is 30.7 Å². The SMILES string of the molecule is Cc1cc(-c2cccc(C(F)(F)F)c2)c(=O)n(CC#N)n1. The van der Waals surface area contributed by atoms with E-state index in [9.17, 15) is 18.0 Å². The fourth-order valence-corrected chi connectivity index (χ4v) is 1.92. The molecule has 1 aromatic carbocycles. The second kappa shape index (κ2) is 5.40. The summed E-state index contributed by atoms with van der Waals surface area (Å²) >= 11 is 0. The number of halogens is 3. The van der Waals surface area contributed by atoms with Gasteiger partial charge in [0.05, 0.1) is 22.9 Å². The Morgan fingerprint density at radius 1 is 1.33 bits per heavy atom. The monoisotopic (exact) mass is 293 g/mol. The average Bonchev–Trinajstić information content (AvgIpc) is 2.42. The van der Waals surface area contributed by atoms with E-state index in [4.69, 9.17) is 5.26 Å². The van der Waals surface area contributed by atoms with Gasteiger partial charge in [0.15, 0.2) is 0 Å². The van der Waals surface area contributed by atoms with Gasteiger partial charge in [-0.15, -0.1) is 0 Å². The molecule has 0 saturated heterocycles. The predicted molar refractivity (Wildman–Crippen MR) is 69.3 cm³/mol. The van der Waals surface area contributed by atoms with Crippen LogP contribution >= 0.6 is 0 Å². The number of nitriles is 1. The smallest absolute Gasteiger partial charge is 0.267 e. The van der Waals surface area contributed by atoms with Crippen molar-refractivity contribution in [2.24, 2.45) is 0 Å². The van der Waals surface area contributed by atoms with E-state index in [0.717, 1.165) is 16.8 Å². The first kappa shape index (κ1) is 14.8. The molecule has 0 atom stereocenters. The molecular formula is C14H10F3N3O. The molecule has 2 aromatic rings. The van der Waals surface area contributed by atoms with Crippen LogP contribution in [0.3, 0.4) is 0 Å². The molecule has 2 rings (SSSR count). The maximum Gasteiger partial charge on any atom is 0.416 e. The third kappa shape index (κ3) is 3.11. The summed E-state index contributed by atoms with van der Waals surface area (Å²) in [5.41, 5.74) is -0.754. The molecule has 108 valence electrons. The van der Waals surface area contributed by atoms with Gasteiger partial charge < -0.3 is 0 Å². The van der Waals surface area contributed by atoms with Crippen molar-refractivity contribution in [1.82, 2.24) is 9.78 Å². The molecule has 21 heavy (non-hydrogen) atoms. The summed E-state index contributed by atoms with van der Waals surface area (Å²) in [6.07, 6.45) is -4.48. The quantitative estimate of drug-likeness (QED) is 0.855. The summed E-state index contributed by atoms with van der Waals surface area (Å²) in [5.74, 6) is 0. The summed E-state index contributed by atoms with van der Waals surface area (Å²) in [5, 5.41) is 12.5. The van der Waals surface area contributed by atoms with Gasteiger partial charge in [0.1, 0.15) is 6.54 Å². The standard InChI is InChI=1S/C14H10F3N3O/c1-9-7-12(13(21)20(19-9)6-5-18)10-3-2-4-11(8-10)14(15,16)17/h2-4,7-8H,6H2,1H3. The zero-order valence-electron chi connectivity index (χ0n) is 11.0. The van der Waals surface area contributed by atoms with Crippen molar-refractivity contribution in [2.75, 3.05) is 0 Å². The summed E-state index contributed by atoms with van der Waals surface area (Å²) in [6.45, 7) is 1.34. The second-order valence-electron chi connectivity index (χ2n) is 4.40. The van der Waals surface area contributed by atoms with Gasteiger partial charge >= 0.3 is 6.18 Å². The second-order valence-corrected chi connectivity index (χ2v) is 4.40. The Bertz CT molecular complexity index is 772. The summed E-state index contributed by atoms with van der Waals surface area (Å²) in [6, 6.07) is 7.70. The van der Waals surface area contributed by atoms with Crippen LogP contribution in [0.4, 0.5) is 13.2 Å². The van der Waals surface area contributed by atoms with Crippen molar-refractivity contribution in [3.63, 3.8) is 0 Å². The minimum absolute atomic E-state index is 0.0869. The van der Waals surface area contributed by atoms with Gasteiger partial charge in [0.2, 0.25) is 0 Å². The van der Waals surface area contributed by atoms with Crippen LogP contribution in [0.5, 0.6) is 0 Å². The Labute approximate surface area is 118 Å². The molecular weight excluding hydrogens is 283 g/mol. The van der Waals surface area contributed by atoms with Crippen LogP contribution in [-0.4, -0.2) is 9.78 Å². The van der Waals surface area contributed by atoms with Gasteiger partial charge in [0, 0.05) is 0 Å². The Hall–Kier alpha value is -2.62. The lowest BCUT2D eigenvalue weighted by molar-refractivity contribution is -0.137. The van der Waals surface area contributed by atoms with Crippen LogP contribution in [0.1, 0.15) is 11.3 Å². The predicted octanol–water partition coefficient (Wildman–Crippen LogP) is 2.76. The van der Waals surface area contributed by atoms with Gasteiger partial charge in [-0.25, -0.2) is 4.68 Å². The Morgan fingerprint density at radius 2 is 2.05 bits per heavy atom. The highest BCUT2D eigenvalue weighted by Crippen LogP contribution is 2.31. The van der Waals surface area contributed by atoms with Crippen molar-refractivity contribution in [3.8, 4) is 17.2 Å². The van der Waals surface area contributed by atoms with E-state index in [1.165, 1.54) is 18.2 Å². The average molecular weight is 293 g/mol. The molecule has 0 N–H and O–H groups in total. The molecule has 0 saturated carbocycles. The highest BCUT2D eigenvalue weighted by atomic mass is 19.4. The van der Waals surface area contributed by atoms with Gasteiger partial charge in [-0.1, -0.05) is 12.1 Å². The first-order valence-corrected chi connectivity index (χ1v) is 5.96. The van der Waals surface area contributed by atoms with Crippen molar-refractivity contribution >= 4 is 0 Å². The normalized spacial score (nSPS) is 11.2. The highest BCUT2D eigenvalue weighted by molar-refractivity contribution is 5.63. The third-order valence-corrected chi connectivity index (χ3v) is 2.82. The molecule has 1 aromatic heterocycles. The van der Waals surface area contributed by atoms with Crippen molar-refractivity contribution in [1.29, 1.82) is 5.26 Å². The van der Waals surface area contributed by atoms with Crippen molar-refractivity contribution < 1.29 is 13.2 Å². The van der Waals surface area contributed by atoms with Gasteiger partial charge in [0.25, 0.3) is 5.56 Å². The van der Waals surface area contributed by atoms with Crippen LogP contribution in [0.25, 0.3) is 11.1 Å². The maximum atomic E-state index is 12.7. The number of alkyl halides is 3. The molecule has 7 heteroatoms. The molecule has 0 bridgehead atoms. The molecule has 0 aliphatic heterocycles. The molecule has 0 amide bonds. The topological polar surface area (TPSA) is 58.7 Å². The van der Waals surface area contributed by atoms with E-state index in [-0.39, 0.29) is 17.7 Å². The molecule has 1 heterocycles. The molecule has 4 nitrogen and oxygen atoms in total.